The standard InChI is InChI=1S/C14H25BrO6/c1-13(2,10-14(3,15)12(17)19-5)11(16)21-9-8-20-7-6-18-4/h6-10H2,1-5H3. The first-order valence-corrected chi connectivity index (χ1v) is 7.48. The summed E-state index contributed by atoms with van der Waals surface area (Å²) in [5.41, 5.74) is -0.820. The fourth-order valence-electron chi connectivity index (χ4n) is 1.82. The lowest BCUT2D eigenvalue weighted by Crippen LogP contribution is -2.39. The zero-order chi connectivity index (χ0) is 16.5. The quantitative estimate of drug-likeness (QED) is 0.333. The molecular weight excluding hydrogens is 344 g/mol. The lowest BCUT2D eigenvalue weighted by atomic mass is 9.83. The zero-order valence-electron chi connectivity index (χ0n) is 13.4. The predicted molar refractivity (Wildman–Crippen MR) is 81.4 cm³/mol. The van der Waals surface area contributed by atoms with Crippen LogP contribution in [0.5, 0.6) is 0 Å². The van der Waals surface area contributed by atoms with Gasteiger partial charge in [-0.3, -0.25) is 9.59 Å². The van der Waals surface area contributed by atoms with Crippen LogP contribution in [0.15, 0.2) is 0 Å². The van der Waals surface area contributed by atoms with Crippen LogP contribution in [-0.4, -0.2) is 56.9 Å². The lowest BCUT2D eigenvalue weighted by Gasteiger charge is -2.29. The highest BCUT2D eigenvalue weighted by molar-refractivity contribution is 9.10. The first-order chi connectivity index (χ1) is 9.67. The van der Waals surface area contributed by atoms with Gasteiger partial charge in [-0.25, -0.2) is 0 Å². The van der Waals surface area contributed by atoms with Crippen LogP contribution in [0.1, 0.15) is 27.2 Å². The van der Waals surface area contributed by atoms with Gasteiger partial charge in [0.2, 0.25) is 0 Å². The van der Waals surface area contributed by atoms with Crippen molar-refractivity contribution >= 4 is 27.9 Å². The molecule has 0 aromatic heterocycles. The molecule has 0 aromatic rings. The van der Waals surface area contributed by atoms with Gasteiger partial charge in [-0.2, -0.15) is 0 Å². The number of carbonyl (C=O) groups excluding carboxylic acids is 2. The van der Waals surface area contributed by atoms with Crippen LogP contribution < -0.4 is 0 Å². The minimum absolute atomic E-state index is 0.170. The molecule has 7 heteroatoms. The molecule has 0 N–H and O–H groups in total. The number of carbonyl (C=O) groups is 2. The number of alkyl halides is 1. The maximum Gasteiger partial charge on any atom is 0.322 e. The molecule has 0 fully saturated rings. The Hall–Kier alpha value is -0.660. The number of halogens is 1. The molecule has 1 atom stereocenters. The van der Waals surface area contributed by atoms with Crippen LogP contribution in [0.4, 0.5) is 0 Å². The van der Waals surface area contributed by atoms with Gasteiger partial charge in [0.1, 0.15) is 10.9 Å². The summed E-state index contributed by atoms with van der Waals surface area (Å²) in [4.78, 5) is 23.7. The molecule has 124 valence electrons. The first-order valence-electron chi connectivity index (χ1n) is 6.68. The Labute approximate surface area is 134 Å². The van der Waals surface area contributed by atoms with Crippen molar-refractivity contribution in [3.8, 4) is 0 Å². The van der Waals surface area contributed by atoms with Gasteiger partial charge in [0.05, 0.1) is 32.3 Å². The molecule has 0 amide bonds. The van der Waals surface area contributed by atoms with Crippen molar-refractivity contribution in [1.82, 2.24) is 0 Å². The highest BCUT2D eigenvalue weighted by atomic mass is 79.9. The van der Waals surface area contributed by atoms with E-state index in [4.69, 9.17) is 18.9 Å². The van der Waals surface area contributed by atoms with E-state index in [0.717, 1.165) is 0 Å². The second-order valence-corrected chi connectivity index (χ2v) is 7.24. The molecule has 0 rings (SSSR count). The molecule has 21 heavy (non-hydrogen) atoms. The van der Waals surface area contributed by atoms with Gasteiger partial charge < -0.3 is 18.9 Å². The van der Waals surface area contributed by atoms with Gasteiger partial charge in [0.15, 0.2) is 0 Å². The Bertz CT molecular complexity index is 340. The molecule has 0 aromatic carbocycles. The predicted octanol–water partition coefficient (Wildman–Crippen LogP) is 1.94. The summed E-state index contributed by atoms with van der Waals surface area (Å²) in [5, 5.41) is 0. The van der Waals surface area contributed by atoms with Crippen molar-refractivity contribution in [2.24, 2.45) is 5.41 Å². The summed E-state index contributed by atoms with van der Waals surface area (Å²) >= 11 is 3.30. The van der Waals surface area contributed by atoms with Gasteiger partial charge in [0, 0.05) is 7.11 Å². The second-order valence-electron chi connectivity index (χ2n) is 5.49. The van der Waals surface area contributed by atoms with E-state index in [-0.39, 0.29) is 19.0 Å². The first kappa shape index (κ1) is 20.3. The van der Waals surface area contributed by atoms with Crippen molar-refractivity contribution < 1.29 is 28.5 Å². The molecule has 0 spiro atoms. The Morgan fingerprint density at radius 1 is 0.952 bits per heavy atom. The number of rotatable bonds is 10. The van der Waals surface area contributed by atoms with E-state index >= 15 is 0 Å². The largest absolute Gasteiger partial charge is 0.468 e. The average molecular weight is 369 g/mol. The van der Waals surface area contributed by atoms with Gasteiger partial charge in [-0.05, 0) is 27.2 Å². The maximum atomic E-state index is 12.1. The van der Waals surface area contributed by atoms with Crippen LogP contribution in [0.25, 0.3) is 0 Å². The van der Waals surface area contributed by atoms with E-state index in [1.165, 1.54) is 7.11 Å². The second kappa shape index (κ2) is 9.38. The summed E-state index contributed by atoms with van der Waals surface area (Å²) in [6, 6.07) is 0. The van der Waals surface area contributed by atoms with Gasteiger partial charge in [-0.1, -0.05) is 15.9 Å². The van der Waals surface area contributed by atoms with Gasteiger partial charge >= 0.3 is 11.9 Å². The number of ether oxygens (including phenoxy) is 4. The van der Waals surface area contributed by atoms with Gasteiger partial charge in [-0.15, -0.1) is 0 Å². The number of hydrogen-bond acceptors (Lipinski definition) is 6. The Morgan fingerprint density at radius 2 is 1.52 bits per heavy atom. The van der Waals surface area contributed by atoms with Crippen LogP contribution in [0.3, 0.4) is 0 Å². The minimum atomic E-state index is -0.931. The SMILES string of the molecule is COCCOCCOC(=O)C(C)(C)CC(C)(Br)C(=O)OC. The normalized spacial score (nSPS) is 14.4. The van der Waals surface area contributed by atoms with Crippen LogP contribution in [0.2, 0.25) is 0 Å². The third-order valence-corrected chi connectivity index (χ3v) is 3.43. The van der Waals surface area contributed by atoms with E-state index in [1.807, 2.05) is 0 Å². The number of methoxy groups -OCH3 is 2. The van der Waals surface area contributed by atoms with Crippen molar-refractivity contribution in [1.29, 1.82) is 0 Å². The van der Waals surface area contributed by atoms with Gasteiger partial charge in [0.25, 0.3) is 0 Å². The van der Waals surface area contributed by atoms with E-state index in [0.29, 0.717) is 19.8 Å². The monoisotopic (exact) mass is 368 g/mol. The fraction of sp³-hybridized carbons (Fsp3) is 0.857. The Kier molecular flexibility index (Phi) is 9.08. The maximum absolute atomic E-state index is 12.1. The molecule has 0 saturated carbocycles. The Balaban J connectivity index is 4.24. The molecule has 1 unspecified atom stereocenters. The van der Waals surface area contributed by atoms with Crippen molar-refractivity contribution in [3.05, 3.63) is 0 Å². The van der Waals surface area contributed by atoms with Crippen LogP contribution in [-0.2, 0) is 28.5 Å². The zero-order valence-corrected chi connectivity index (χ0v) is 14.9. The molecule has 0 aliphatic rings. The molecule has 0 aliphatic carbocycles. The molecule has 0 bridgehead atoms. The third-order valence-electron chi connectivity index (χ3n) is 2.83. The highest BCUT2D eigenvalue weighted by Gasteiger charge is 2.42. The highest BCUT2D eigenvalue weighted by Crippen LogP contribution is 2.35. The number of esters is 2. The summed E-state index contributed by atoms with van der Waals surface area (Å²) in [7, 11) is 2.90. The summed E-state index contributed by atoms with van der Waals surface area (Å²) in [6.07, 6.45) is 0.260. The van der Waals surface area contributed by atoms with E-state index in [9.17, 15) is 9.59 Å². The topological polar surface area (TPSA) is 71.1 Å². The molecule has 6 nitrogen and oxygen atoms in total. The van der Waals surface area contributed by atoms with Crippen molar-refractivity contribution in [3.63, 3.8) is 0 Å². The van der Waals surface area contributed by atoms with E-state index < -0.39 is 15.7 Å². The molecule has 0 radical (unpaired) electrons. The summed E-state index contributed by atoms with van der Waals surface area (Å²) < 4.78 is 19.0. The molecule has 0 aliphatic heterocycles. The average Bonchev–Trinajstić information content (AvgIpc) is 2.40. The summed E-state index contributed by atoms with van der Waals surface area (Å²) in [6.45, 7) is 6.56. The Morgan fingerprint density at radius 3 is 2.05 bits per heavy atom. The minimum Gasteiger partial charge on any atom is -0.468 e. The van der Waals surface area contributed by atoms with E-state index in [2.05, 4.69) is 15.9 Å². The van der Waals surface area contributed by atoms with Crippen molar-refractivity contribution in [2.45, 2.75) is 31.5 Å². The smallest absolute Gasteiger partial charge is 0.322 e. The fourth-order valence-corrected chi connectivity index (χ4v) is 2.68. The number of hydrogen-bond donors (Lipinski definition) is 0. The lowest BCUT2D eigenvalue weighted by molar-refractivity contribution is -0.157. The van der Waals surface area contributed by atoms with Crippen molar-refractivity contribution in [2.75, 3.05) is 40.6 Å². The van der Waals surface area contributed by atoms with Crippen LogP contribution >= 0.6 is 15.9 Å². The summed E-state index contributed by atoms with van der Waals surface area (Å²) in [5.74, 6) is -0.807. The molecule has 0 saturated heterocycles. The van der Waals surface area contributed by atoms with Crippen LogP contribution in [0, 0.1) is 5.41 Å². The molecule has 0 heterocycles. The van der Waals surface area contributed by atoms with E-state index in [1.54, 1.807) is 27.9 Å². The molecular formula is C14H25BrO6. The third kappa shape index (κ3) is 7.78.